The van der Waals surface area contributed by atoms with Crippen molar-refractivity contribution in [3.8, 4) is 22.3 Å². The van der Waals surface area contributed by atoms with E-state index in [1.54, 1.807) is 0 Å². The van der Waals surface area contributed by atoms with Crippen LogP contribution in [0.4, 0.5) is 17.1 Å². The second-order valence-electron chi connectivity index (χ2n) is 13.2. The van der Waals surface area contributed by atoms with Gasteiger partial charge in [0.2, 0.25) is 0 Å². The Morgan fingerprint density at radius 1 is 0.404 bits per heavy atom. The van der Waals surface area contributed by atoms with Crippen molar-refractivity contribution in [3.05, 3.63) is 176 Å². The third-order valence-corrected chi connectivity index (χ3v) is 11.5. The molecule has 244 valence electrons. The lowest BCUT2D eigenvalue weighted by atomic mass is 9.97. The highest BCUT2D eigenvalue weighted by molar-refractivity contribution is 7.26. The summed E-state index contributed by atoms with van der Waals surface area (Å²) < 4.78 is 15.9. The van der Waals surface area contributed by atoms with Gasteiger partial charge in [-0.05, 0) is 82.9 Å². The smallest absolute Gasteiger partial charge is 0.159 e. The molecule has 11 aromatic rings. The minimum Gasteiger partial charge on any atom is -0.456 e. The van der Waals surface area contributed by atoms with Gasteiger partial charge in [0.25, 0.3) is 0 Å². The van der Waals surface area contributed by atoms with Gasteiger partial charge < -0.3 is 13.7 Å². The van der Waals surface area contributed by atoms with Crippen molar-refractivity contribution < 1.29 is 8.83 Å². The Kier molecular flexibility index (Phi) is 6.42. The first-order valence-electron chi connectivity index (χ1n) is 17.5. The molecule has 52 heavy (non-hydrogen) atoms. The molecule has 0 aliphatic heterocycles. The molecule has 0 N–H and O–H groups in total. The van der Waals surface area contributed by atoms with Crippen LogP contribution in [0.2, 0.25) is 0 Å². The zero-order chi connectivity index (χ0) is 34.2. The Balaban J connectivity index is 1.24. The average molecular weight is 684 g/mol. The standard InChI is InChI=1S/C48H29NO2S/c1-3-12-30(13-4-1)31-22-24-34(25-23-31)49(33-14-5-2-6-15-33)40-29-32(35-18-11-19-37-36-16-8-10-21-44(36)52-48(35)37)28-39-46-43(51-47(39)40)27-26-42-45(46)38-17-7-9-20-41(38)50-42/h1-29H. The van der Waals surface area contributed by atoms with E-state index >= 15 is 0 Å². The van der Waals surface area contributed by atoms with Crippen molar-refractivity contribution in [2.24, 2.45) is 0 Å². The second-order valence-corrected chi connectivity index (χ2v) is 14.3. The first-order chi connectivity index (χ1) is 25.8. The fraction of sp³-hybridized carbons (Fsp3) is 0. The van der Waals surface area contributed by atoms with E-state index in [4.69, 9.17) is 8.83 Å². The van der Waals surface area contributed by atoms with Crippen molar-refractivity contribution >= 4 is 92.4 Å². The zero-order valence-electron chi connectivity index (χ0n) is 27.9. The molecule has 0 aliphatic carbocycles. The molecule has 0 fully saturated rings. The normalized spacial score (nSPS) is 11.8. The van der Waals surface area contributed by atoms with E-state index in [0.29, 0.717) is 0 Å². The van der Waals surface area contributed by atoms with E-state index in [1.165, 1.54) is 36.9 Å². The Morgan fingerprint density at radius 3 is 1.87 bits per heavy atom. The number of rotatable bonds is 5. The first kappa shape index (κ1) is 29.1. The molecular weight excluding hydrogens is 655 g/mol. The van der Waals surface area contributed by atoms with E-state index in [2.05, 4.69) is 163 Å². The van der Waals surface area contributed by atoms with Crippen molar-refractivity contribution in [3.63, 3.8) is 0 Å². The summed E-state index contributed by atoms with van der Waals surface area (Å²) in [5.74, 6) is 0. The summed E-state index contributed by atoms with van der Waals surface area (Å²) >= 11 is 1.85. The molecule has 4 heteroatoms. The molecule has 0 saturated heterocycles. The first-order valence-corrected chi connectivity index (χ1v) is 18.3. The molecule has 0 spiro atoms. The summed E-state index contributed by atoms with van der Waals surface area (Å²) in [5.41, 5.74) is 11.2. The lowest BCUT2D eigenvalue weighted by molar-refractivity contribution is 0.663. The number of benzene rings is 8. The Labute approximate surface area is 303 Å². The molecule has 3 aromatic heterocycles. The fourth-order valence-corrected chi connectivity index (χ4v) is 9.14. The van der Waals surface area contributed by atoms with E-state index in [1.807, 2.05) is 29.5 Å². The third kappa shape index (κ3) is 4.45. The predicted octanol–water partition coefficient (Wildman–Crippen LogP) is 14.7. The monoisotopic (exact) mass is 683 g/mol. The molecule has 8 aromatic carbocycles. The van der Waals surface area contributed by atoms with Gasteiger partial charge in [-0.15, -0.1) is 11.3 Å². The van der Waals surface area contributed by atoms with Crippen LogP contribution in [-0.2, 0) is 0 Å². The fourth-order valence-electron chi connectivity index (χ4n) is 7.90. The van der Waals surface area contributed by atoms with Crippen LogP contribution in [0, 0.1) is 0 Å². The molecule has 0 radical (unpaired) electrons. The van der Waals surface area contributed by atoms with Gasteiger partial charge in [0.05, 0.1) is 5.69 Å². The van der Waals surface area contributed by atoms with Gasteiger partial charge in [0.1, 0.15) is 16.7 Å². The number of nitrogens with zero attached hydrogens (tertiary/aromatic N) is 1. The van der Waals surface area contributed by atoms with Gasteiger partial charge in [0.15, 0.2) is 5.58 Å². The number of hydrogen-bond acceptors (Lipinski definition) is 4. The Morgan fingerprint density at radius 2 is 1.04 bits per heavy atom. The summed E-state index contributed by atoms with van der Waals surface area (Å²) in [5, 5.41) is 6.84. The highest BCUT2D eigenvalue weighted by atomic mass is 32.1. The number of hydrogen-bond donors (Lipinski definition) is 0. The van der Waals surface area contributed by atoms with Gasteiger partial charge in [-0.1, -0.05) is 115 Å². The van der Waals surface area contributed by atoms with Gasteiger partial charge in [-0.25, -0.2) is 0 Å². The van der Waals surface area contributed by atoms with Crippen molar-refractivity contribution in [1.29, 1.82) is 0 Å². The van der Waals surface area contributed by atoms with E-state index in [-0.39, 0.29) is 0 Å². The number of furan rings is 2. The van der Waals surface area contributed by atoms with Crippen LogP contribution in [0.3, 0.4) is 0 Å². The second kappa shape index (κ2) is 11.5. The summed E-state index contributed by atoms with van der Waals surface area (Å²) in [6.07, 6.45) is 0. The quantitative estimate of drug-likeness (QED) is 0.181. The van der Waals surface area contributed by atoms with Crippen LogP contribution in [0.1, 0.15) is 0 Å². The largest absolute Gasteiger partial charge is 0.456 e. The molecule has 3 heterocycles. The Bertz CT molecular complexity index is 3120. The maximum atomic E-state index is 6.97. The van der Waals surface area contributed by atoms with Crippen molar-refractivity contribution in [2.45, 2.75) is 0 Å². The number of fused-ring (bicyclic) bond motifs is 10. The van der Waals surface area contributed by atoms with Crippen LogP contribution in [0.25, 0.3) is 86.3 Å². The molecule has 0 aliphatic rings. The average Bonchev–Trinajstić information content (AvgIpc) is 3.90. The number of para-hydroxylation sites is 2. The molecule has 3 nitrogen and oxygen atoms in total. The summed E-state index contributed by atoms with van der Waals surface area (Å²) in [4.78, 5) is 2.33. The highest BCUT2D eigenvalue weighted by Gasteiger charge is 2.24. The molecule has 0 saturated carbocycles. The Hall–Kier alpha value is -6.62. The molecule has 0 amide bonds. The van der Waals surface area contributed by atoms with E-state index in [0.717, 1.165) is 66.5 Å². The lowest BCUT2D eigenvalue weighted by Crippen LogP contribution is -2.10. The minimum absolute atomic E-state index is 0.830. The zero-order valence-corrected chi connectivity index (χ0v) is 28.7. The van der Waals surface area contributed by atoms with E-state index in [9.17, 15) is 0 Å². The van der Waals surface area contributed by atoms with Crippen molar-refractivity contribution in [2.75, 3.05) is 4.90 Å². The minimum atomic E-state index is 0.830. The van der Waals surface area contributed by atoms with Gasteiger partial charge in [-0.2, -0.15) is 0 Å². The van der Waals surface area contributed by atoms with Crippen LogP contribution in [0.5, 0.6) is 0 Å². The van der Waals surface area contributed by atoms with Crippen LogP contribution >= 0.6 is 11.3 Å². The predicted molar refractivity (Wildman–Crippen MR) is 219 cm³/mol. The molecule has 0 atom stereocenters. The topological polar surface area (TPSA) is 29.5 Å². The van der Waals surface area contributed by atoms with Crippen molar-refractivity contribution in [1.82, 2.24) is 0 Å². The van der Waals surface area contributed by atoms with E-state index < -0.39 is 0 Å². The molecule has 11 rings (SSSR count). The lowest BCUT2D eigenvalue weighted by Gasteiger charge is -2.26. The number of thiophene rings is 1. The van der Waals surface area contributed by atoms with Gasteiger partial charge >= 0.3 is 0 Å². The third-order valence-electron chi connectivity index (χ3n) is 10.3. The molecule has 0 unspecified atom stereocenters. The summed E-state index contributed by atoms with van der Waals surface area (Å²) in [7, 11) is 0. The van der Waals surface area contributed by atoms with Crippen LogP contribution < -0.4 is 4.90 Å². The van der Waals surface area contributed by atoms with Crippen LogP contribution in [0.15, 0.2) is 185 Å². The van der Waals surface area contributed by atoms with Crippen LogP contribution in [-0.4, -0.2) is 0 Å². The van der Waals surface area contributed by atoms with Gasteiger partial charge in [-0.3, -0.25) is 0 Å². The molecule has 0 bridgehead atoms. The highest BCUT2D eigenvalue weighted by Crippen LogP contribution is 2.49. The molecular formula is C48H29NO2S. The number of anilines is 3. The maximum absolute atomic E-state index is 6.97. The van der Waals surface area contributed by atoms with Gasteiger partial charge in [0, 0.05) is 53.1 Å². The summed E-state index contributed by atoms with van der Waals surface area (Å²) in [6.45, 7) is 0. The summed E-state index contributed by atoms with van der Waals surface area (Å²) in [6, 6.07) is 62.4. The maximum Gasteiger partial charge on any atom is 0.159 e. The SMILES string of the molecule is c1ccc(-c2ccc(N(c3ccccc3)c3cc(-c4cccc5c4sc4ccccc45)cc4c3oc3ccc5oc6ccccc6c5c34)cc2)cc1.